The summed E-state index contributed by atoms with van der Waals surface area (Å²) in [6.45, 7) is 7.31. The molecule has 5 aromatic rings. The SMILES string of the molecule is CC(C)(C)c1ccc(-c2nnc(-c3ccc(-c4nnc(-c5cccc(OCC6CC7C=CC6C7)c5)o4)cc3)o2)cc1. The molecule has 0 aliphatic heterocycles. The molecule has 1 fully saturated rings. The highest BCUT2D eigenvalue weighted by Gasteiger charge is 2.35. The minimum atomic E-state index is 0.0877. The Hall–Kier alpha value is -4.52. The van der Waals surface area contributed by atoms with Gasteiger partial charge in [-0.1, -0.05) is 51.1 Å². The number of rotatable bonds is 7. The van der Waals surface area contributed by atoms with Crippen molar-refractivity contribution < 1.29 is 13.6 Å². The van der Waals surface area contributed by atoms with Crippen LogP contribution in [0.2, 0.25) is 0 Å². The molecule has 2 bridgehead atoms. The number of hydrogen-bond donors (Lipinski definition) is 0. The van der Waals surface area contributed by atoms with Crippen LogP contribution in [0, 0.1) is 17.8 Å². The van der Waals surface area contributed by atoms with Crippen molar-refractivity contribution in [1.82, 2.24) is 20.4 Å². The largest absolute Gasteiger partial charge is 0.493 e. The van der Waals surface area contributed by atoms with Crippen molar-refractivity contribution in [2.45, 2.75) is 39.0 Å². The first kappa shape index (κ1) is 25.4. The first-order valence-electron chi connectivity index (χ1n) is 14.2. The molecule has 41 heavy (non-hydrogen) atoms. The molecular weight excluding hydrogens is 512 g/mol. The van der Waals surface area contributed by atoms with Crippen molar-refractivity contribution in [1.29, 1.82) is 0 Å². The van der Waals surface area contributed by atoms with E-state index < -0.39 is 0 Å². The van der Waals surface area contributed by atoms with Gasteiger partial charge in [0.05, 0.1) is 6.61 Å². The second-order valence-corrected chi connectivity index (χ2v) is 12.1. The van der Waals surface area contributed by atoms with Crippen LogP contribution in [-0.4, -0.2) is 27.0 Å². The minimum absolute atomic E-state index is 0.0877. The molecule has 2 aliphatic rings. The topological polar surface area (TPSA) is 87.1 Å². The fraction of sp³-hybridized carbons (Fsp3) is 0.294. The summed E-state index contributed by atoms with van der Waals surface area (Å²) in [6, 6.07) is 23.8. The van der Waals surface area contributed by atoms with Crippen molar-refractivity contribution in [3.8, 4) is 51.6 Å². The van der Waals surface area contributed by atoms with Gasteiger partial charge < -0.3 is 13.6 Å². The lowest BCUT2D eigenvalue weighted by Crippen LogP contribution is -2.16. The van der Waals surface area contributed by atoms with Gasteiger partial charge in [0.2, 0.25) is 23.6 Å². The first-order valence-corrected chi connectivity index (χ1v) is 14.2. The predicted octanol–water partition coefficient (Wildman–Crippen LogP) is 8.01. The van der Waals surface area contributed by atoms with Crippen molar-refractivity contribution in [3.63, 3.8) is 0 Å². The molecule has 0 radical (unpaired) electrons. The maximum Gasteiger partial charge on any atom is 0.248 e. The first-order chi connectivity index (χ1) is 19.9. The average Bonchev–Trinajstić information content (AvgIpc) is 3.81. The lowest BCUT2D eigenvalue weighted by Gasteiger charge is -2.18. The zero-order chi connectivity index (χ0) is 28.0. The van der Waals surface area contributed by atoms with Crippen molar-refractivity contribution in [2.24, 2.45) is 17.8 Å². The standard InChI is InChI=1S/C34H32N4O3/c1-34(2,3)28-15-13-24(14-16-28)32-36-35-30(40-32)22-9-11-23(12-10-22)31-37-38-33(41-31)26-5-4-6-29(19-26)39-20-27-18-21-7-8-25(27)17-21/h4-16,19,21,25,27H,17-18,20H2,1-3H3. The number of allylic oxidation sites excluding steroid dienone is 2. The molecule has 3 atom stereocenters. The zero-order valence-electron chi connectivity index (χ0n) is 23.4. The van der Waals surface area contributed by atoms with Crippen LogP contribution in [-0.2, 0) is 5.41 Å². The quantitative estimate of drug-likeness (QED) is 0.192. The fourth-order valence-electron chi connectivity index (χ4n) is 5.79. The lowest BCUT2D eigenvalue weighted by atomic mass is 9.87. The third kappa shape index (κ3) is 5.20. The second-order valence-electron chi connectivity index (χ2n) is 12.1. The minimum Gasteiger partial charge on any atom is -0.493 e. The van der Waals surface area contributed by atoms with E-state index in [4.69, 9.17) is 13.6 Å². The number of hydrogen-bond acceptors (Lipinski definition) is 7. The van der Waals surface area contributed by atoms with E-state index in [0.717, 1.165) is 40.5 Å². The number of fused-ring (bicyclic) bond motifs is 2. The van der Waals surface area contributed by atoms with E-state index in [1.165, 1.54) is 18.4 Å². The molecule has 7 nitrogen and oxygen atoms in total. The molecule has 0 N–H and O–H groups in total. The van der Waals surface area contributed by atoms with Crippen molar-refractivity contribution in [3.05, 3.63) is 90.5 Å². The Morgan fingerprint density at radius 3 is 1.76 bits per heavy atom. The summed E-state index contributed by atoms with van der Waals surface area (Å²) in [5, 5.41) is 17.1. The number of benzene rings is 3. The maximum atomic E-state index is 6.16. The number of ether oxygens (including phenoxy) is 1. The van der Waals surface area contributed by atoms with Crippen LogP contribution in [0.1, 0.15) is 39.2 Å². The molecule has 3 unspecified atom stereocenters. The van der Waals surface area contributed by atoms with Crippen LogP contribution in [0.4, 0.5) is 0 Å². The third-order valence-corrected chi connectivity index (χ3v) is 8.19. The summed E-state index contributed by atoms with van der Waals surface area (Å²) in [6.07, 6.45) is 7.22. The third-order valence-electron chi connectivity index (χ3n) is 8.19. The fourth-order valence-corrected chi connectivity index (χ4v) is 5.79. The van der Waals surface area contributed by atoms with Gasteiger partial charge in [0.25, 0.3) is 0 Å². The summed E-state index contributed by atoms with van der Waals surface area (Å²) in [7, 11) is 0. The van der Waals surface area contributed by atoms with Crippen LogP contribution in [0.3, 0.4) is 0 Å². The molecule has 2 aromatic heterocycles. The van der Waals surface area contributed by atoms with Crippen LogP contribution in [0.5, 0.6) is 5.75 Å². The van der Waals surface area contributed by atoms with Crippen LogP contribution >= 0.6 is 0 Å². The summed E-state index contributed by atoms with van der Waals surface area (Å²) in [4.78, 5) is 0. The number of aromatic nitrogens is 4. The Morgan fingerprint density at radius 1 is 0.683 bits per heavy atom. The van der Waals surface area contributed by atoms with Gasteiger partial charge in [-0.2, -0.15) is 0 Å². The van der Waals surface area contributed by atoms with Gasteiger partial charge in [-0.25, -0.2) is 0 Å². The van der Waals surface area contributed by atoms with E-state index in [2.05, 4.69) is 65.5 Å². The molecule has 2 aliphatic carbocycles. The average molecular weight is 545 g/mol. The normalized spacial score (nSPS) is 19.6. The molecule has 206 valence electrons. The van der Waals surface area contributed by atoms with Gasteiger partial charge >= 0.3 is 0 Å². The highest BCUT2D eigenvalue weighted by molar-refractivity contribution is 5.64. The van der Waals surface area contributed by atoms with Crippen LogP contribution in [0.25, 0.3) is 45.8 Å². The summed E-state index contributed by atoms with van der Waals surface area (Å²) in [5.74, 6) is 4.68. The molecular formula is C34H32N4O3. The Balaban J connectivity index is 1.02. The van der Waals surface area contributed by atoms with E-state index in [9.17, 15) is 0 Å². The van der Waals surface area contributed by atoms with E-state index in [0.29, 0.717) is 35.4 Å². The Bertz CT molecular complexity index is 1690. The monoisotopic (exact) mass is 544 g/mol. The molecule has 0 amide bonds. The maximum absolute atomic E-state index is 6.16. The Morgan fingerprint density at radius 2 is 1.24 bits per heavy atom. The van der Waals surface area contributed by atoms with Gasteiger partial charge in [-0.15, -0.1) is 20.4 Å². The van der Waals surface area contributed by atoms with Gasteiger partial charge in [0, 0.05) is 22.3 Å². The number of nitrogens with zero attached hydrogens (tertiary/aromatic N) is 4. The molecule has 1 saturated carbocycles. The summed E-state index contributed by atoms with van der Waals surface area (Å²) >= 11 is 0. The van der Waals surface area contributed by atoms with Crippen LogP contribution in [0.15, 0.2) is 93.8 Å². The molecule has 7 heteroatoms. The molecule has 2 heterocycles. The van der Waals surface area contributed by atoms with Crippen LogP contribution < -0.4 is 4.74 Å². The smallest absolute Gasteiger partial charge is 0.248 e. The predicted molar refractivity (Wildman–Crippen MR) is 157 cm³/mol. The summed E-state index contributed by atoms with van der Waals surface area (Å²) < 4.78 is 18.2. The molecule has 3 aromatic carbocycles. The van der Waals surface area contributed by atoms with E-state index in [1.807, 2.05) is 60.7 Å². The van der Waals surface area contributed by atoms with Gasteiger partial charge in [0.15, 0.2) is 0 Å². The molecule has 0 saturated heterocycles. The van der Waals surface area contributed by atoms with E-state index >= 15 is 0 Å². The highest BCUT2D eigenvalue weighted by atomic mass is 16.5. The summed E-state index contributed by atoms with van der Waals surface area (Å²) in [5.41, 5.74) is 4.69. The van der Waals surface area contributed by atoms with Gasteiger partial charge in [0.1, 0.15) is 5.75 Å². The van der Waals surface area contributed by atoms with Gasteiger partial charge in [-0.05, 0) is 96.2 Å². The van der Waals surface area contributed by atoms with Crippen molar-refractivity contribution in [2.75, 3.05) is 6.61 Å². The van der Waals surface area contributed by atoms with E-state index in [-0.39, 0.29) is 5.41 Å². The van der Waals surface area contributed by atoms with E-state index in [1.54, 1.807) is 0 Å². The molecule has 7 rings (SSSR count). The molecule has 0 spiro atoms. The zero-order valence-corrected chi connectivity index (χ0v) is 23.4. The second kappa shape index (κ2) is 10.1. The van der Waals surface area contributed by atoms with Gasteiger partial charge in [-0.3, -0.25) is 0 Å². The Kier molecular flexibility index (Phi) is 6.30. The highest BCUT2D eigenvalue weighted by Crippen LogP contribution is 2.43. The van der Waals surface area contributed by atoms with Crippen molar-refractivity contribution >= 4 is 0 Å². The lowest BCUT2D eigenvalue weighted by molar-refractivity contribution is 0.228. The Labute approximate surface area is 239 Å².